The molecule has 0 aliphatic heterocycles. The molecule has 4 saturated carbocycles. The summed E-state index contributed by atoms with van der Waals surface area (Å²) in [4.78, 5) is 11.9. The molecule has 30 heavy (non-hydrogen) atoms. The van der Waals surface area contributed by atoms with Gasteiger partial charge in [0, 0.05) is 12.8 Å². The maximum Gasteiger partial charge on any atom is 0.132 e. The molecular formula is C26H44O4. The lowest BCUT2D eigenvalue weighted by atomic mass is 9.43. The van der Waals surface area contributed by atoms with Gasteiger partial charge in [0.1, 0.15) is 5.78 Å². The molecular weight excluding hydrogens is 376 g/mol. The van der Waals surface area contributed by atoms with E-state index < -0.39 is 0 Å². The second kappa shape index (κ2) is 8.15. The summed E-state index contributed by atoms with van der Waals surface area (Å²) in [6, 6.07) is 0. The number of ketones is 1. The predicted molar refractivity (Wildman–Crippen MR) is 118 cm³/mol. The van der Waals surface area contributed by atoms with E-state index in [2.05, 4.69) is 20.8 Å². The summed E-state index contributed by atoms with van der Waals surface area (Å²) < 4.78 is 0. The van der Waals surface area contributed by atoms with E-state index in [9.17, 15) is 20.1 Å². The minimum Gasteiger partial charge on any atom is -0.393 e. The number of rotatable bonds is 5. The Hall–Kier alpha value is -0.450. The fourth-order valence-electron chi connectivity index (χ4n) is 8.90. The quantitative estimate of drug-likeness (QED) is 0.618. The minimum absolute atomic E-state index is 0.128. The average molecular weight is 421 g/mol. The van der Waals surface area contributed by atoms with Crippen molar-refractivity contribution in [2.45, 2.75) is 110 Å². The molecule has 172 valence electrons. The van der Waals surface area contributed by atoms with Gasteiger partial charge >= 0.3 is 0 Å². The number of hydrogen-bond donors (Lipinski definition) is 3. The largest absolute Gasteiger partial charge is 0.393 e. The highest BCUT2D eigenvalue weighted by Gasteiger charge is 2.65. The lowest BCUT2D eigenvalue weighted by Gasteiger charge is -2.63. The molecule has 0 unspecified atom stereocenters. The maximum atomic E-state index is 11.9. The summed E-state index contributed by atoms with van der Waals surface area (Å²) in [6.07, 6.45) is 7.77. The molecule has 0 radical (unpaired) electrons. The first-order valence-electron chi connectivity index (χ1n) is 12.7. The number of hydrogen-bond acceptors (Lipinski definition) is 4. The highest BCUT2D eigenvalue weighted by molar-refractivity contribution is 5.77. The lowest BCUT2D eigenvalue weighted by molar-refractivity contribution is -0.207. The zero-order valence-electron chi connectivity index (χ0n) is 19.5. The van der Waals surface area contributed by atoms with E-state index in [0.29, 0.717) is 48.2 Å². The SMILES string of the molecule is CCC(=O)CC[C@@H](C)[C@H]1CC[C@H]2[C@@H]3[C@H](O)C[C@@H]4C[C@H](O)CC[C@]4(C)[C@H]3C[C@H](O)[C@]12C. The van der Waals surface area contributed by atoms with Crippen molar-refractivity contribution in [3.8, 4) is 0 Å². The molecule has 0 aromatic heterocycles. The Morgan fingerprint density at radius 3 is 2.47 bits per heavy atom. The Morgan fingerprint density at radius 1 is 1.03 bits per heavy atom. The summed E-state index contributed by atoms with van der Waals surface area (Å²) >= 11 is 0. The van der Waals surface area contributed by atoms with E-state index in [1.165, 1.54) is 0 Å². The number of Topliss-reactive ketones (excluding diaryl/α,β-unsaturated/α-hetero) is 1. The molecule has 0 saturated heterocycles. The molecule has 4 heteroatoms. The summed E-state index contributed by atoms with van der Waals surface area (Å²) in [6.45, 7) is 8.89. The third kappa shape index (κ3) is 3.40. The lowest BCUT2D eigenvalue weighted by Crippen LogP contribution is -2.62. The van der Waals surface area contributed by atoms with Crippen LogP contribution in [0.2, 0.25) is 0 Å². The molecule has 4 aliphatic rings. The predicted octanol–water partition coefficient (Wildman–Crippen LogP) is 4.34. The Kier molecular flexibility index (Phi) is 6.18. The fraction of sp³-hybridized carbons (Fsp3) is 0.962. The molecule has 4 aliphatic carbocycles. The van der Waals surface area contributed by atoms with Gasteiger partial charge in [-0.25, -0.2) is 0 Å². The van der Waals surface area contributed by atoms with Crippen LogP contribution in [0.5, 0.6) is 0 Å². The smallest absolute Gasteiger partial charge is 0.132 e. The van der Waals surface area contributed by atoms with E-state index in [0.717, 1.165) is 51.4 Å². The summed E-state index contributed by atoms with van der Waals surface area (Å²) in [7, 11) is 0. The van der Waals surface area contributed by atoms with E-state index in [1.807, 2.05) is 6.92 Å². The summed E-state index contributed by atoms with van der Waals surface area (Å²) in [5, 5.41) is 33.1. The second-order valence-electron chi connectivity index (χ2n) is 11.9. The third-order valence-corrected chi connectivity index (χ3v) is 10.8. The Labute approximate surface area is 182 Å². The highest BCUT2D eigenvalue weighted by Crippen LogP contribution is 2.68. The molecule has 11 atom stereocenters. The Morgan fingerprint density at radius 2 is 1.77 bits per heavy atom. The van der Waals surface area contributed by atoms with Gasteiger partial charge in [0.05, 0.1) is 18.3 Å². The number of fused-ring (bicyclic) bond motifs is 5. The van der Waals surface area contributed by atoms with Crippen LogP contribution in [0.25, 0.3) is 0 Å². The van der Waals surface area contributed by atoms with E-state index >= 15 is 0 Å². The Balaban J connectivity index is 1.58. The van der Waals surface area contributed by atoms with Gasteiger partial charge in [-0.1, -0.05) is 27.7 Å². The van der Waals surface area contributed by atoms with Gasteiger partial charge in [-0.2, -0.15) is 0 Å². The minimum atomic E-state index is -0.338. The van der Waals surface area contributed by atoms with E-state index in [-0.39, 0.29) is 35.1 Å². The number of aliphatic hydroxyl groups is 3. The first kappa shape index (κ1) is 22.7. The van der Waals surface area contributed by atoms with Crippen LogP contribution in [0.15, 0.2) is 0 Å². The molecule has 0 bridgehead atoms. The Bertz CT molecular complexity index is 649. The molecule has 0 aromatic carbocycles. The van der Waals surface area contributed by atoms with Crippen LogP contribution in [0.4, 0.5) is 0 Å². The van der Waals surface area contributed by atoms with Gasteiger partial charge in [-0.15, -0.1) is 0 Å². The monoisotopic (exact) mass is 420 g/mol. The van der Waals surface area contributed by atoms with Crippen molar-refractivity contribution in [1.82, 2.24) is 0 Å². The molecule has 0 aromatic rings. The normalized spacial score (nSPS) is 51.6. The number of carbonyl (C=O) groups is 1. The molecule has 4 nitrogen and oxygen atoms in total. The third-order valence-electron chi connectivity index (χ3n) is 10.8. The van der Waals surface area contributed by atoms with E-state index in [1.54, 1.807) is 0 Å². The average Bonchev–Trinajstić information content (AvgIpc) is 3.06. The first-order valence-corrected chi connectivity index (χ1v) is 12.7. The standard InChI is InChI=1S/C26H44O4/c1-5-17(27)7-6-15(2)19-8-9-20-24-21(14-23(30)26(19,20)4)25(3)11-10-18(28)12-16(25)13-22(24)29/h15-16,18-24,28-30H,5-14H2,1-4H3/t15-,16+,18-,19-,20+,21+,22-,23+,24+,25+,26-/m1/s1. The van der Waals surface area contributed by atoms with Crippen molar-refractivity contribution in [3.05, 3.63) is 0 Å². The number of carbonyl (C=O) groups excluding carboxylic acids is 1. The topological polar surface area (TPSA) is 77.8 Å². The van der Waals surface area contributed by atoms with E-state index in [4.69, 9.17) is 0 Å². The van der Waals surface area contributed by atoms with Crippen LogP contribution in [0.3, 0.4) is 0 Å². The fourth-order valence-corrected chi connectivity index (χ4v) is 8.90. The van der Waals surface area contributed by atoms with Crippen molar-refractivity contribution >= 4 is 5.78 Å². The van der Waals surface area contributed by atoms with Gasteiger partial charge in [0.15, 0.2) is 0 Å². The highest BCUT2D eigenvalue weighted by atomic mass is 16.3. The van der Waals surface area contributed by atoms with Gasteiger partial charge in [0.25, 0.3) is 0 Å². The van der Waals surface area contributed by atoms with Gasteiger partial charge in [0.2, 0.25) is 0 Å². The van der Waals surface area contributed by atoms with Crippen LogP contribution >= 0.6 is 0 Å². The van der Waals surface area contributed by atoms with Crippen LogP contribution in [0, 0.1) is 46.3 Å². The molecule has 4 rings (SSSR count). The summed E-state index contributed by atoms with van der Waals surface area (Å²) in [5.74, 6) is 2.54. The van der Waals surface area contributed by atoms with Crippen LogP contribution in [-0.4, -0.2) is 39.4 Å². The van der Waals surface area contributed by atoms with Crippen molar-refractivity contribution in [2.75, 3.05) is 0 Å². The van der Waals surface area contributed by atoms with Gasteiger partial charge in [-0.3, -0.25) is 4.79 Å². The molecule has 0 spiro atoms. The van der Waals surface area contributed by atoms with Gasteiger partial charge in [-0.05, 0) is 97.7 Å². The molecule has 4 fully saturated rings. The zero-order chi connectivity index (χ0) is 21.8. The zero-order valence-corrected chi connectivity index (χ0v) is 19.5. The van der Waals surface area contributed by atoms with Crippen molar-refractivity contribution in [2.24, 2.45) is 46.3 Å². The molecule has 0 amide bonds. The summed E-state index contributed by atoms with van der Waals surface area (Å²) in [5.41, 5.74) is -0.0309. The van der Waals surface area contributed by atoms with Crippen molar-refractivity contribution < 1.29 is 20.1 Å². The van der Waals surface area contributed by atoms with Crippen LogP contribution in [-0.2, 0) is 4.79 Å². The van der Waals surface area contributed by atoms with Crippen molar-refractivity contribution in [1.29, 1.82) is 0 Å². The second-order valence-corrected chi connectivity index (χ2v) is 11.9. The molecule has 3 N–H and O–H groups in total. The van der Waals surface area contributed by atoms with Gasteiger partial charge < -0.3 is 15.3 Å². The maximum absolute atomic E-state index is 11.9. The number of aliphatic hydroxyl groups excluding tert-OH is 3. The van der Waals surface area contributed by atoms with Crippen LogP contribution in [0.1, 0.15) is 91.9 Å². The van der Waals surface area contributed by atoms with Crippen LogP contribution < -0.4 is 0 Å². The van der Waals surface area contributed by atoms with Crippen molar-refractivity contribution in [3.63, 3.8) is 0 Å². The molecule has 0 heterocycles. The first-order chi connectivity index (χ1) is 14.1.